The van der Waals surface area contributed by atoms with Crippen molar-refractivity contribution >= 4 is 60.3 Å². The summed E-state index contributed by atoms with van der Waals surface area (Å²) in [5, 5.41) is 11.1. The fourth-order valence-corrected chi connectivity index (χ4v) is 6.48. The topological polar surface area (TPSA) is 126 Å². The minimum absolute atomic E-state index is 0.201. The van der Waals surface area contributed by atoms with Crippen molar-refractivity contribution in [2.75, 3.05) is 0 Å². The van der Waals surface area contributed by atoms with Crippen LogP contribution in [0.4, 0.5) is 0 Å². The number of hydroxylamine groups is 1. The Balaban J connectivity index is 0.000000221. The molecule has 12 heteroatoms. The molecule has 1 amide bonds. The van der Waals surface area contributed by atoms with Gasteiger partial charge in [-0.2, -0.15) is 0 Å². The second-order valence-corrected chi connectivity index (χ2v) is 16.6. The van der Waals surface area contributed by atoms with Crippen LogP contribution in [0.5, 0.6) is 0 Å². The number of hydrogen-bond donors (Lipinski definition) is 3. The molecule has 0 saturated carbocycles. The van der Waals surface area contributed by atoms with Crippen LogP contribution in [0.25, 0.3) is 11.0 Å². The van der Waals surface area contributed by atoms with Crippen LogP contribution in [-0.2, 0) is 16.2 Å². The minimum atomic E-state index is -4.55. The van der Waals surface area contributed by atoms with Crippen molar-refractivity contribution in [3.05, 3.63) is 47.5 Å². The Morgan fingerprint density at radius 2 is 1.94 bits per heavy atom. The molecule has 0 spiro atoms. The van der Waals surface area contributed by atoms with Crippen molar-refractivity contribution in [3.8, 4) is 12.3 Å². The number of carbonyl (C=O) groups is 1. The zero-order valence-electron chi connectivity index (χ0n) is 17.3. The van der Waals surface area contributed by atoms with Crippen LogP contribution >= 0.6 is 11.6 Å². The summed E-state index contributed by atoms with van der Waals surface area (Å²) in [6, 6.07) is 7.87. The van der Waals surface area contributed by atoms with Gasteiger partial charge in [-0.25, -0.2) is 9.97 Å². The summed E-state index contributed by atoms with van der Waals surface area (Å²) < 4.78 is 20.5. The van der Waals surface area contributed by atoms with E-state index in [9.17, 15) is 8.53 Å². The molecule has 0 aliphatic heterocycles. The first-order valence-corrected chi connectivity index (χ1v) is 16.1. The molecular formula is C19H22AsClN4O5Si. The van der Waals surface area contributed by atoms with E-state index in [-0.39, 0.29) is 4.35 Å². The Morgan fingerprint density at radius 1 is 1.29 bits per heavy atom. The Hall–Kier alpha value is -2.38. The monoisotopic (exact) mass is 524 g/mol. The Morgan fingerprint density at radius 3 is 2.45 bits per heavy atom. The number of amides is 1. The van der Waals surface area contributed by atoms with E-state index in [4.69, 9.17) is 23.3 Å². The molecule has 0 radical (unpaired) electrons. The summed E-state index contributed by atoms with van der Waals surface area (Å²) in [4.78, 5) is 22.0. The third kappa shape index (κ3) is 6.30. The molecule has 2 heterocycles. The van der Waals surface area contributed by atoms with E-state index in [1.54, 1.807) is 18.2 Å². The quantitative estimate of drug-likeness (QED) is 0.153. The first-order valence-electron chi connectivity index (χ1n) is 8.97. The number of halogens is 1. The number of aromatic nitrogens is 3. The van der Waals surface area contributed by atoms with E-state index in [0.29, 0.717) is 11.0 Å². The number of aromatic amines is 1. The number of terminal acetylenes is 1. The molecule has 31 heavy (non-hydrogen) atoms. The average molecular weight is 525 g/mol. The zero-order valence-corrected chi connectivity index (χ0v) is 21.0. The number of nitrogens with one attached hydrogen (secondary N) is 2. The van der Waals surface area contributed by atoms with Gasteiger partial charge in [0.15, 0.2) is 0 Å². The summed E-state index contributed by atoms with van der Waals surface area (Å²) in [5.74, 6) is 2.18. The van der Waals surface area contributed by atoms with Crippen molar-refractivity contribution in [1.29, 1.82) is 0 Å². The van der Waals surface area contributed by atoms with Gasteiger partial charge < -0.3 is 4.98 Å². The van der Waals surface area contributed by atoms with Crippen LogP contribution in [0.3, 0.4) is 0 Å². The summed E-state index contributed by atoms with van der Waals surface area (Å²) in [6.45, 7) is 7.94. The molecule has 9 nitrogen and oxygen atoms in total. The molecule has 0 aliphatic carbocycles. The summed E-state index contributed by atoms with van der Waals surface area (Å²) in [7, 11) is -1.45. The van der Waals surface area contributed by atoms with Gasteiger partial charge in [0.25, 0.3) is 0 Å². The molecule has 2 aromatic heterocycles. The molecule has 0 bridgehead atoms. The van der Waals surface area contributed by atoms with Crippen molar-refractivity contribution in [3.63, 3.8) is 0 Å². The number of H-pyrrole nitrogens is 1. The average Bonchev–Trinajstić information content (AvgIpc) is 3.18. The summed E-state index contributed by atoms with van der Waals surface area (Å²) >= 11 is 1.60. The third-order valence-corrected chi connectivity index (χ3v) is 9.30. The second-order valence-electron chi connectivity index (χ2n) is 7.32. The number of nitrogens with zero attached hydrogens (tertiary/aromatic N) is 2. The number of carbonyl (C=O) groups excluding carboxylic acids is 1. The molecule has 3 N–H and O–H groups in total. The van der Waals surface area contributed by atoms with E-state index >= 15 is 0 Å². The summed E-state index contributed by atoms with van der Waals surface area (Å²) in [6.07, 6.45) is 7.23. The maximum absolute atomic E-state index is 11.8. The molecule has 1 atom stereocenters. The van der Waals surface area contributed by atoms with E-state index in [1.807, 2.05) is 11.7 Å². The molecule has 164 valence electrons. The van der Waals surface area contributed by atoms with Gasteiger partial charge in [-0.05, 0) is 11.1 Å². The van der Waals surface area contributed by atoms with Crippen LogP contribution in [0, 0.1) is 12.3 Å². The molecule has 3 aromatic rings. The number of hydrogen-bond acceptors (Lipinski definition) is 7. The van der Waals surface area contributed by atoms with Crippen molar-refractivity contribution < 1.29 is 21.5 Å². The SMILES string of the molecule is C#Cc1nc(Cl)c2c([Si](C)(C)C)c[nH]c2n1.CC(=O)NO[As](=O)(OO)c1ccccc1. The molecule has 3 rings (SSSR count). The van der Waals surface area contributed by atoms with Gasteiger partial charge in [-0.1, -0.05) is 31.2 Å². The third-order valence-electron chi connectivity index (χ3n) is 3.91. The Labute approximate surface area is 188 Å². The number of rotatable bonds is 5. The second kappa shape index (κ2) is 10.3. The van der Waals surface area contributed by atoms with Crippen LogP contribution in [0.1, 0.15) is 12.7 Å². The van der Waals surface area contributed by atoms with Crippen LogP contribution < -0.4 is 15.0 Å². The molecule has 0 aliphatic rings. The van der Waals surface area contributed by atoms with Crippen molar-refractivity contribution in [2.24, 2.45) is 0 Å². The van der Waals surface area contributed by atoms with E-state index < -0.39 is 28.2 Å². The molecule has 0 fully saturated rings. The number of fused-ring (bicyclic) bond motifs is 1. The predicted molar refractivity (Wildman–Crippen MR) is 121 cm³/mol. The van der Waals surface area contributed by atoms with Crippen molar-refractivity contribution in [2.45, 2.75) is 26.6 Å². The maximum atomic E-state index is 11.8. The first-order chi connectivity index (χ1) is 14.5. The standard InChI is InChI=1S/C11H12ClN3Si.C8H10AsNO5/c1-5-8-14-10(12)9-7(16(2,3)4)6-13-11(9)15-8;1-7(11)10-14-9(12,15-13)8-5-3-2-4-6-8/h1,6H,2-4H3,(H,13,14,15);2-6,13H,1H3,(H,10,11). The van der Waals surface area contributed by atoms with Gasteiger partial charge in [0, 0.05) is 6.20 Å². The van der Waals surface area contributed by atoms with Gasteiger partial charge in [0.2, 0.25) is 5.82 Å². The van der Waals surface area contributed by atoms with Gasteiger partial charge in [0.05, 0.1) is 13.5 Å². The van der Waals surface area contributed by atoms with E-state index in [2.05, 4.69) is 48.2 Å². The summed E-state index contributed by atoms with van der Waals surface area (Å²) in [5.41, 5.74) is 2.60. The number of benzene rings is 1. The first kappa shape index (κ1) is 24.9. The predicted octanol–water partition coefficient (Wildman–Crippen LogP) is 1.96. The van der Waals surface area contributed by atoms with Gasteiger partial charge in [0.1, 0.15) is 10.8 Å². The van der Waals surface area contributed by atoms with Gasteiger partial charge >= 0.3 is 88.7 Å². The van der Waals surface area contributed by atoms with Crippen molar-refractivity contribution in [1.82, 2.24) is 20.4 Å². The van der Waals surface area contributed by atoms with Crippen LogP contribution in [0.15, 0.2) is 36.5 Å². The van der Waals surface area contributed by atoms with E-state index in [0.717, 1.165) is 11.0 Å². The van der Waals surface area contributed by atoms with E-state index in [1.165, 1.54) is 24.2 Å². The molecular weight excluding hydrogens is 503 g/mol. The van der Waals surface area contributed by atoms with Gasteiger partial charge in [-0.15, -0.1) is 6.42 Å². The molecule has 1 aromatic carbocycles. The molecule has 0 saturated heterocycles. The van der Waals surface area contributed by atoms with Crippen LogP contribution in [0.2, 0.25) is 24.8 Å². The fourth-order valence-electron chi connectivity index (χ4n) is 2.50. The Kier molecular flexibility index (Phi) is 8.25. The fraction of sp³-hybridized carbons (Fsp3) is 0.211. The molecule has 1 unspecified atom stereocenters. The normalized spacial score (nSPS) is 12.9. The zero-order chi connectivity index (χ0) is 23.2. The van der Waals surface area contributed by atoms with Crippen LogP contribution in [-0.4, -0.2) is 48.4 Å². The Bertz CT molecular complexity index is 1160. The van der Waals surface area contributed by atoms with Gasteiger partial charge in [-0.3, -0.25) is 0 Å².